The number of aryl methyl sites for hydroxylation is 1. The van der Waals surface area contributed by atoms with Crippen LogP contribution in [0.4, 0.5) is 5.69 Å². The van der Waals surface area contributed by atoms with Gasteiger partial charge in [0.15, 0.2) is 0 Å². The third kappa shape index (κ3) is 3.40. The van der Waals surface area contributed by atoms with Crippen molar-refractivity contribution in [2.24, 2.45) is 0 Å². The molecule has 1 aromatic heterocycles. The molecular formula is C15H13ClN2O5. The summed E-state index contributed by atoms with van der Waals surface area (Å²) in [5.41, 5.74) is 0.223. The first kappa shape index (κ1) is 16.7. The molecular weight excluding hydrogens is 324 g/mol. The van der Waals surface area contributed by atoms with Gasteiger partial charge in [-0.2, -0.15) is 0 Å². The Kier molecular flexibility index (Phi) is 5.13. The number of carbonyl (C=O) groups excluding carboxylic acids is 1. The summed E-state index contributed by atoms with van der Waals surface area (Å²) < 4.78 is 10.2. The van der Waals surface area contributed by atoms with Crippen LogP contribution >= 0.6 is 11.6 Å². The van der Waals surface area contributed by atoms with Gasteiger partial charge in [0.1, 0.15) is 11.3 Å². The number of carbonyl (C=O) groups is 1. The highest BCUT2D eigenvalue weighted by Crippen LogP contribution is 2.36. The summed E-state index contributed by atoms with van der Waals surface area (Å²) >= 11 is 6.00. The van der Waals surface area contributed by atoms with E-state index in [1.807, 2.05) is 0 Å². The minimum Gasteiger partial charge on any atom is -0.465 e. The first-order chi connectivity index (χ1) is 11.0. The van der Waals surface area contributed by atoms with E-state index in [4.69, 9.17) is 16.3 Å². The Morgan fingerprint density at radius 3 is 2.70 bits per heavy atom. The SMILES string of the molecule is CCc1cncc(Oc2cccc(Cl)c2C(=O)OC)c1[N+](=O)[O-]. The molecule has 1 aromatic carbocycles. The van der Waals surface area contributed by atoms with Crippen molar-refractivity contribution < 1.29 is 19.2 Å². The normalized spacial score (nSPS) is 10.2. The average Bonchev–Trinajstić information content (AvgIpc) is 2.53. The molecule has 2 aromatic rings. The van der Waals surface area contributed by atoms with Crippen molar-refractivity contribution >= 4 is 23.3 Å². The number of methoxy groups -OCH3 is 1. The van der Waals surface area contributed by atoms with Gasteiger partial charge in [0.2, 0.25) is 5.75 Å². The Balaban J connectivity index is 2.55. The molecule has 0 bridgehead atoms. The molecule has 0 spiro atoms. The lowest BCUT2D eigenvalue weighted by molar-refractivity contribution is -0.386. The number of halogens is 1. The Morgan fingerprint density at radius 1 is 1.35 bits per heavy atom. The summed E-state index contributed by atoms with van der Waals surface area (Å²) in [4.78, 5) is 26.6. The molecule has 0 saturated carbocycles. The molecule has 0 aliphatic rings. The maximum atomic E-state index is 11.9. The van der Waals surface area contributed by atoms with Crippen LogP contribution in [-0.2, 0) is 11.2 Å². The molecule has 120 valence electrons. The van der Waals surface area contributed by atoms with Crippen LogP contribution in [0, 0.1) is 10.1 Å². The lowest BCUT2D eigenvalue weighted by Crippen LogP contribution is -2.06. The molecule has 0 atom stereocenters. The van der Waals surface area contributed by atoms with Crippen molar-refractivity contribution in [3.8, 4) is 11.5 Å². The maximum absolute atomic E-state index is 11.9. The van der Waals surface area contributed by atoms with Gasteiger partial charge in [0.25, 0.3) is 0 Å². The maximum Gasteiger partial charge on any atom is 0.343 e. The minimum atomic E-state index is -0.701. The smallest absolute Gasteiger partial charge is 0.343 e. The van der Waals surface area contributed by atoms with Gasteiger partial charge in [-0.3, -0.25) is 15.1 Å². The minimum absolute atomic E-state index is 0.00661. The van der Waals surface area contributed by atoms with Gasteiger partial charge in [-0.1, -0.05) is 24.6 Å². The fourth-order valence-corrected chi connectivity index (χ4v) is 2.27. The van der Waals surface area contributed by atoms with E-state index in [-0.39, 0.29) is 27.8 Å². The van der Waals surface area contributed by atoms with Gasteiger partial charge in [0.05, 0.1) is 28.8 Å². The predicted octanol–water partition coefficient (Wildman–Crippen LogP) is 3.78. The summed E-state index contributed by atoms with van der Waals surface area (Å²) in [6, 6.07) is 4.53. The average molecular weight is 337 g/mol. The quantitative estimate of drug-likeness (QED) is 0.468. The van der Waals surface area contributed by atoms with Crippen LogP contribution < -0.4 is 4.74 Å². The van der Waals surface area contributed by atoms with Crippen LogP contribution in [-0.4, -0.2) is 23.0 Å². The number of nitrogens with zero attached hydrogens (tertiary/aromatic N) is 2. The second-order valence-corrected chi connectivity index (χ2v) is 4.87. The van der Waals surface area contributed by atoms with Gasteiger partial charge >= 0.3 is 11.7 Å². The van der Waals surface area contributed by atoms with Crippen LogP contribution in [0.1, 0.15) is 22.8 Å². The van der Waals surface area contributed by atoms with E-state index >= 15 is 0 Å². The second-order valence-electron chi connectivity index (χ2n) is 4.46. The van der Waals surface area contributed by atoms with Crippen LogP contribution in [0.3, 0.4) is 0 Å². The first-order valence-electron chi connectivity index (χ1n) is 6.65. The summed E-state index contributed by atoms with van der Waals surface area (Å²) in [5.74, 6) is -0.711. The van der Waals surface area contributed by atoms with Crippen molar-refractivity contribution in [2.75, 3.05) is 7.11 Å². The van der Waals surface area contributed by atoms with Gasteiger partial charge in [-0.15, -0.1) is 0 Å². The Hall–Kier alpha value is -2.67. The Morgan fingerprint density at radius 2 is 2.09 bits per heavy atom. The van der Waals surface area contributed by atoms with Crippen LogP contribution in [0.25, 0.3) is 0 Å². The monoisotopic (exact) mass is 336 g/mol. The lowest BCUT2D eigenvalue weighted by Gasteiger charge is -2.12. The number of esters is 1. The van der Waals surface area contributed by atoms with E-state index in [0.717, 1.165) is 0 Å². The first-order valence-corrected chi connectivity index (χ1v) is 7.03. The fourth-order valence-electron chi connectivity index (χ4n) is 2.02. The molecule has 8 heteroatoms. The van der Waals surface area contributed by atoms with Crippen molar-refractivity contribution in [3.63, 3.8) is 0 Å². The lowest BCUT2D eigenvalue weighted by atomic mass is 10.1. The molecule has 0 N–H and O–H groups in total. The molecule has 1 heterocycles. The number of pyridine rings is 1. The molecule has 0 unspecified atom stereocenters. The van der Waals surface area contributed by atoms with Crippen molar-refractivity contribution in [1.29, 1.82) is 0 Å². The fraction of sp³-hybridized carbons (Fsp3) is 0.200. The topological polar surface area (TPSA) is 91.6 Å². The molecule has 0 aliphatic carbocycles. The molecule has 0 fully saturated rings. The highest BCUT2D eigenvalue weighted by atomic mass is 35.5. The number of aromatic nitrogens is 1. The highest BCUT2D eigenvalue weighted by molar-refractivity contribution is 6.34. The van der Waals surface area contributed by atoms with Gasteiger partial charge in [-0.05, 0) is 18.6 Å². The third-order valence-electron chi connectivity index (χ3n) is 3.11. The number of rotatable bonds is 5. The molecule has 7 nitrogen and oxygen atoms in total. The largest absolute Gasteiger partial charge is 0.465 e. The Labute approximate surface area is 137 Å². The number of nitro groups is 1. The molecule has 23 heavy (non-hydrogen) atoms. The van der Waals surface area contributed by atoms with Gasteiger partial charge in [-0.25, -0.2) is 4.79 Å². The number of hydrogen-bond acceptors (Lipinski definition) is 6. The summed E-state index contributed by atoms with van der Waals surface area (Å²) in [6.45, 7) is 1.77. The van der Waals surface area contributed by atoms with E-state index in [2.05, 4.69) is 9.72 Å². The van der Waals surface area contributed by atoms with Gasteiger partial charge < -0.3 is 9.47 Å². The molecule has 0 aliphatic heterocycles. The van der Waals surface area contributed by atoms with Crippen LogP contribution in [0.15, 0.2) is 30.6 Å². The number of ether oxygens (including phenoxy) is 2. The predicted molar refractivity (Wildman–Crippen MR) is 83.1 cm³/mol. The van der Waals surface area contributed by atoms with E-state index in [9.17, 15) is 14.9 Å². The van der Waals surface area contributed by atoms with E-state index < -0.39 is 10.9 Å². The van der Waals surface area contributed by atoms with Gasteiger partial charge in [0, 0.05) is 6.20 Å². The zero-order chi connectivity index (χ0) is 17.0. The number of benzene rings is 1. The molecule has 0 radical (unpaired) electrons. The zero-order valence-electron chi connectivity index (χ0n) is 12.4. The highest BCUT2D eigenvalue weighted by Gasteiger charge is 2.24. The van der Waals surface area contributed by atoms with E-state index in [1.54, 1.807) is 13.0 Å². The summed E-state index contributed by atoms with van der Waals surface area (Å²) in [5, 5.41) is 11.4. The van der Waals surface area contributed by atoms with E-state index in [0.29, 0.717) is 12.0 Å². The molecule has 2 rings (SSSR count). The van der Waals surface area contributed by atoms with Crippen molar-refractivity contribution in [2.45, 2.75) is 13.3 Å². The zero-order valence-corrected chi connectivity index (χ0v) is 13.2. The molecule has 0 saturated heterocycles. The second kappa shape index (κ2) is 7.06. The third-order valence-corrected chi connectivity index (χ3v) is 3.42. The van der Waals surface area contributed by atoms with Crippen molar-refractivity contribution in [3.05, 3.63) is 56.9 Å². The Bertz CT molecular complexity index is 764. The number of hydrogen-bond donors (Lipinski definition) is 0. The van der Waals surface area contributed by atoms with E-state index in [1.165, 1.54) is 31.6 Å². The van der Waals surface area contributed by atoms with Crippen molar-refractivity contribution in [1.82, 2.24) is 4.98 Å². The standard InChI is InChI=1S/C15H13ClN2O5/c1-3-9-7-17-8-12(14(9)18(20)21)23-11-6-4-5-10(16)13(11)15(19)22-2/h4-8H,3H2,1-2H3. The van der Waals surface area contributed by atoms with Crippen LogP contribution in [0.5, 0.6) is 11.5 Å². The molecule has 0 amide bonds. The summed E-state index contributed by atoms with van der Waals surface area (Å²) in [6.07, 6.45) is 3.04. The van der Waals surface area contributed by atoms with Crippen LogP contribution in [0.2, 0.25) is 5.02 Å². The summed E-state index contributed by atoms with van der Waals surface area (Å²) in [7, 11) is 1.21.